The van der Waals surface area contributed by atoms with Crippen molar-refractivity contribution in [3.63, 3.8) is 0 Å². The Bertz CT molecular complexity index is 311. The topological polar surface area (TPSA) is 40.5 Å². The molecule has 2 fully saturated rings. The van der Waals surface area contributed by atoms with Crippen molar-refractivity contribution in [2.45, 2.75) is 51.0 Å². The standard InChI is InChI=1S/C14H23NO2/c1-15-9-3-5-12-8-7-11(10-13(12)15)4-2-6-14(16)17/h4,12-13H,2-3,5-10H2,1H3,(H,16,17). The van der Waals surface area contributed by atoms with Crippen LogP contribution in [0.4, 0.5) is 0 Å². The molecule has 0 aromatic heterocycles. The van der Waals surface area contributed by atoms with E-state index < -0.39 is 5.97 Å². The van der Waals surface area contributed by atoms with Crippen LogP contribution in [0.5, 0.6) is 0 Å². The molecule has 0 aromatic carbocycles. The number of carboxylic acid groups (broad SMARTS) is 1. The zero-order valence-electron chi connectivity index (χ0n) is 10.7. The molecule has 1 heterocycles. The van der Waals surface area contributed by atoms with Crippen LogP contribution in [-0.2, 0) is 4.79 Å². The number of fused-ring (bicyclic) bond motifs is 1. The van der Waals surface area contributed by atoms with Crippen molar-refractivity contribution in [3.05, 3.63) is 11.6 Å². The third-order valence-corrected chi connectivity index (χ3v) is 4.29. The van der Waals surface area contributed by atoms with E-state index >= 15 is 0 Å². The first-order chi connectivity index (χ1) is 8.16. The minimum absolute atomic E-state index is 0.271. The molecule has 2 rings (SSSR count). The highest BCUT2D eigenvalue weighted by Crippen LogP contribution is 2.37. The van der Waals surface area contributed by atoms with Gasteiger partial charge in [0.15, 0.2) is 0 Å². The quantitative estimate of drug-likeness (QED) is 0.767. The second-order valence-corrected chi connectivity index (χ2v) is 5.49. The SMILES string of the molecule is CN1CCCC2CCC(=CCCC(=O)O)CC21. The first kappa shape index (κ1) is 12.6. The van der Waals surface area contributed by atoms with Crippen LogP contribution in [0, 0.1) is 5.92 Å². The van der Waals surface area contributed by atoms with Gasteiger partial charge in [0.1, 0.15) is 0 Å². The first-order valence-electron chi connectivity index (χ1n) is 6.77. The van der Waals surface area contributed by atoms with Crippen molar-refractivity contribution >= 4 is 5.97 Å². The molecule has 0 aromatic rings. The Labute approximate surface area is 103 Å². The Morgan fingerprint density at radius 3 is 3.12 bits per heavy atom. The number of piperidine rings is 1. The Hall–Kier alpha value is -0.830. The third-order valence-electron chi connectivity index (χ3n) is 4.29. The van der Waals surface area contributed by atoms with E-state index in [0.717, 1.165) is 5.92 Å². The molecule has 2 unspecified atom stereocenters. The number of carboxylic acids is 1. The van der Waals surface area contributed by atoms with Crippen molar-refractivity contribution in [1.29, 1.82) is 0 Å². The number of hydrogen-bond donors (Lipinski definition) is 1. The molecule has 3 nitrogen and oxygen atoms in total. The summed E-state index contributed by atoms with van der Waals surface area (Å²) in [6.45, 7) is 1.23. The van der Waals surface area contributed by atoms with E-state index in [2.05, 4.69) is 18.0 Å². The Balaban J connectivity index is 1.88. The van der Waals surface area contributed by atoms with E-state index in [-0.39, 0.29) is 6.42 Å². The molecule has 3 heteroatoms. The van der Waals surface area contributed by atoms with Gasteiger partial charge in [-0.2, -0.15) is 0 Å². The van der Waals surface area contributed by atoms with Gasteiger partial charge in [-0.05, 0) is 58.0 Å². The second-order valence-electron chi connectivity index (χ2n) is 5.49. The molecule has 2 atom stereocenters. The normalized spacial score (nSPS) is 32.4. The minimum Gasteiger partial charge on any atom is -0.481 e. The summed E-state index contributed by atoms with van der Waals surface area (Å²) >= 11 is 0. The molecule has 96 valence electrons. The Kier molecular flexibility index (Phi) is 4.21. The predicted molar refractivity (Wildman–Crippen MR) is 67.9 cm³/mol. The van der Waals surface area contributed by atoms with E-state index in [1.165, 1.54) is 44.2 Å². The van der Waals surface area contributed by atoms with Crippen molar-refractivity contribution in [2.24, 2.45) is 5.92 Å². The van der Waals surface area contributed by atoms with Crippen molar-refractivity contribution in [3.8, 4) is 0 Å². The highest BCUT2D eigenvalue weighted by atomic mass is 16.4. The Morgan fingerprint density at radius 1 is 1.53 bits per heavy atom. The summed E-state index contributed by atoms with van der Waals surface area (Å²) < 4.78 is 0. The lowest BCUT2D eigenvalue weighted by Crippen LogP contribution is -2.44. The summed E-state index contributed by atoms with van der Waals surface area (Å²) in [5, 5.41) is 8.63. The molecule has 0 spiro atoms. The van der Waals surface area contributed by atoms with Crippen molar-refractivity contribution < 1.29 is 9.90 Å². The number of nitrogens with zero attached hydrogens (tertiary/aromatic N) is 1. The summed E-state index contributed by atoms with van der Waals surface area (Å²) in [7, 11) is 2.23. The van der Waals surface area contributed by atoms with Gasteiger partial charge in [0.25, 0.3) is 0 Å². The zero-order valence-corrected chi connectivity index (χ0v) is 10.7. The highest BCUT2D eigenvalue weighted by molar-refractivity contribution is 5.66. The van der Waals surface area contributed by atoms with E-state index in [4.69, 9.17) is 5.11 Å². The van der Waals surface area contributed by atoms with E-state index in [1.54, 1.807) is 0 Å². The molecule has 1 N–H and O–H groups in total. The summed E-state index contributed by atoms with van der Waals surface area (Å²) in [4.78, 5) is 13.0. The fourth-order valence-electron chi connectivity index (χ4n) is 3.31. The molecule has 1 saturated carbocycles. The summed E-state index contributed by atoms with van der Waals surface area (Å²) in [6, 6.07) is 0.716. The fraction of sp³-hybridized carbons (Fsp3) is 0.786. The third kappa shape index (κ3) is 3.32. The van der Waals surface area contributed by atoms with E-state index in [0.29, 0.717) is 12.5 Å². The molecule has 1 saturated heterocycles. The number of hydrogen-bond acceptors (Lipinski definition) is 2. The average Bonchev–Trinajstić information content (AvgIpc) is 2.30. The van der Waals surface area contributed by atoms with Crippen LogP contribution in [-0.4, -0.2) is 35.6 Å². The number of allylic oxidation sites excluding steroid dienone is 1. The number of rotatable bonds is 3. The highest BCUT2D eigenvalue weighted by Gasteiger charge is 2.32. The summed E-state index contributed by atoms with van der Waals surface area (Å²) in [5.41, 5.74) is 1.49. The van der Waals surface area contributed by atoms with Crippen LogP contribution in [0.15, 0.2) is 11.6 Å². The van der Waals surface area contributed by atoms with Crippen LogP contribution in [0.1, 0.15) is 44.9 Å². The lowest BCUT2D eigenvalue weighted by atomic mass is 9.76. The number of likely N-dealkylation sites (tertiary alicyclic amines) is 1. The van der Waals surface area contributed by atoms with Gasteiger partial charge in [-0.1, -0.05) is 11.6 Å². The molecule has 0 amide bonds. The van der Waals surface area contributed by atoms with Gasteiger partial charge in [0.05, 0.1) is 0 Å². The van der Waals surface area contributed by atoms with Crippen LogP contribution in [0.25, 0.3) is 0 Å². The van der Waals surface area contributed by atoms with Crippen LogP contribution in [0.3, 0.4) is 0 Å². The van der Waals surface area contributed by atoms with Crippen LogP contribution < -0.4 is 0 Å². The maximum absolute atomic E-state index is 10.5. The van der Waals surface area contributed by atoms with Gasteiger partial charge in [-0.25, -0.2) is 0 Å². The maximum atomic E-state index is 10.5. The summed E-state index contributed by atoms with van der Waals surface area (Å²) in [6.07, 6.45) is 9.53. The van der Waals surface area contributed by atoms with E-state index in [1.807, 2.05) is 0 Å². The largest absolute Gasteiger partial charge is 0.481 e. The average molecular weight is 237 g/mol. The minimum atomic E-state index is -0.690. The molecule has 0 radical (unpaired) electrons. The zero-order chi connectivity index (χ0) is 12.3. The molecule has 1 aliphatic carbocycles. The van der Waals surface area contributed by atoms with Crippen molar-refractivity contribution in [1.82, 2.24) is 4.90 Å². The van der Waals surface area contributed by atoms with Gasteiger partial charge in [0.2, 0.25) is 0 Å². The lowest BCUT2D eigenvalue weighted by molar-refractivity contribution is -0.136. The van der Waals surface area contributed by atoms with Crippen molar-refractivity contribution in [2.75, 3.05) is 13.6 Å². The van der Waals surface area contributed by atoms with Gasteiger partial charge in [0, 0.05) is 12.5 Å². The monoisotopic (exact) mass is 237 g/mol. The second kappa shape index (κ2) is 5.67. The van der Waals surface area contributed by atoms with E-state index in [9.17, 15) is 4.79 Å². The predicted octanol–water partition coefficient (Wildman–Crippen LogP) is 2.67. The van der Waals surface area contributed by atoms with Gasteiger partial charge >= 0.3 is 5.97 Å². The Morgan fingerprint density at radius 2 is 2.35 bits per heavy atom. The molecule has 2 aliphatic rings. The molecule has 0 bridgehead atoms. The number of carbonyl (C=O) groups is 1. The fourth-order valence-corrected chi connectivity index (χ4v) is 3.31. The van der Waals surface area contributed by atoms with Gasteiger partial charge in [-0.3, -0.25) is 4.79 Å². The van der Waals surface area contributed by atoms with Gasteiger partial charge in [-0.15, -0.1) is 0 Å². The lowest BCUT2D eigenvalue weighted by Gasteiger charge is -2.43. The molecular formula is C14H23NO2. The molecule has 1 aliphatic heterocycles. The molecule has 17 heavy (non-hydrogen) atoms. The van der Waals surface area contributed by atoms with Crippen LogP contribution in [0.2, 0.25) is 0 Å². The maximum Gasteiger partial charge on any atom is 0.303 e. The van der Waals surface area contributed by atoms with Gasteiger partial charge < -0.3 is 10.0 Å². The number of aliphatic carboxylic acids is 1. The first-order valence-corrected chi connectivity index (χ1v) is 6.77. The summed E-state index contributed by atoms with van der Waals surface area (Å²) in [5.74, 6) is 0.190. The smallest absolute Gasteiger partial charge is 0.303 e. The molecular weight excluding hydrogens is 214 g/mol. The van der Waals surface area contributed by atoms with Crippen LogP contribution >= 0.6 is 0 Å².